The summed E-state index contributed by atoms with van der Waals surface area (Å²) in [6, 6.07) is 3.79. The van der Waals surface area contributed by atoms with Crippen molar-refractivity contribution in [1.82, 2.24) is 15.2 Å². The van der Waals surface area contributed by atoms with Gasteiger partial charge in [0.05, 0.1) is 0 Å². The average Bonchev–Trinajstić information content (AvgIpc) is 2.98. The van der Waals surface area contributed by atoms with Crippen LogP contribution in [0.2, 0.25) is 0 Å². The Bertz CT molecular complexity index is 512. The molecular weight excluding hydrogens is 280 g/mol. The van der Waals surface area contributed by atoms with Crippen molar-refractivity contribution < 1.29 is 9.59 Å². The summed E-state index contributed by atoms with van der Waals surface area (Å²) in [6.07, 6.45) is 5.99. The number of unbranched alkanes of at least 4 members (excludes halogenated alkanes) is 1. The number of carbonyl (C=O) groups excluding carboxylic acids is 2. The van der Waals surface area contributed by atoms with Gasteiger partial charge in [-0.25, -0.2) is 0 Å². The molecule has 1 aliphatic heterocycles. The Morgan fingerprint density at radius 2 is 2.09 bits per heavy atom. The van der Waals surface area contributed by atoms with Crippen LogP contribution in [0.4, 0.5) is 0 Å². The lowest BCUT2D eigenvalue weighted by molar-refractivity contribution is 0.0947. The van der Waals surface area contributed by atoms with Crippen molar-refractivity contribution in [2.45, 2.75) is 45.1 Å². The topological polar surface area (TPSA) is 91.2 Å². The van der Waals surface area contributed by atoms with E-state index >= 15 is 0 Å². The molecule has 0 spiro atoms. The third-order valence-electron chi connectivity index (χ3n) is 4.29. The zero-order valence-electron chi connectivity index (χ0n) is 13.2. The van der Waals surface area contributed by atoms with Gasteiger partial charge < -0.3 is 20.9 Å². The van der Waals surface area contributed by atoms with E-state index in [0.29, 0.717) is 18.3 Å². The minimum Gasteiger partial charge on any atom is -0.364 e. The highest BCUT2D eigenvalue weighted by Gasteiger charge is 2.17. The molecular formula is C16H26N4O2. The Hall–Kier alpha value is -1.82. The van der Waals surface area contributed by atoms with Gasteiger partial charge in [-0.3, -0.25) is 9.59 Å². The molecule has 1 aromatic heterocycles. The van der Waals surface area contributed by atoms with Crippen molar-refractivity contribution in [3.05, 3.63) is 23.5 Å². The van der Waals surface area contributed by atoms with E-state index in [-0.39, 0.29) is 11.6 Å². The van der Waals surface area contributed by atoms with Crippen LogP contribution in [-0.2, 0) is 0 Å². The number of nitrogens with one attached hydrogen (secondary N) is 2. The molecule has 0 aliphatic carbocycles. The fourth-order valence-electron chi connectivity index (χ4n) is 2.90. The lowest BCUT2D eigenvalue weighted by Crippen LogP contribution is -2.38. The molecule has 6 nitrogen and oxygen atoms in total. The summed E-state index contributed by atoms with van der Waals surface area (Å²) in [5.74, 6) is -0.756. The second kappa shape index (κ2) is 7.98. The summed E-state index contributed by atoms with van der Waals surface area (Å²) >= 11 is 0. The monoisotopic (exact) mass is 306 g/mol. The van der Waals surface area contributed by atoms with E-state index < -0.39 is 5.91 Å². The third kappa shape index (κ3) is 4.59. The van der Waals surface area contributed by atoms with Gasteiger partial charge in [-0.05, 0) is 57.8 Å². The van der Waals surface area contributed by atoms with E-state index in [2.05, 4.69) is 22.1 Å². The molecule has 0 aromatic carbocycles. The Balaban J connectivity index is 1.63. The van der Waals surface area contributed by atoms with Crippen molar-refractivity contribution in [2.75, 3.05) is 19.6 Å². The number of primary amides is 1. The number of amides is 2. The van der Waals surface area contributed by atoms with Gasteiger partial charge >= 0.3 is 0 Å². The molecule has 1 fully saturated rings. The zero-order chi connectivity index (χ0) is 15.9. The Morgan fingerprint density at radius 3 is 2.77 bits per heavy atom. The summed E-state index contributed by atoms with van der Waals surface area (Å²) in [6.45, 7) is 5.24. The van der Waals surface area contributed by atoms with Gasteiger partial charge in [-0.15, -0.1) is 0 Å². The molecule has 0 bridgehead atoms. The van der Waals surface area contributed by atoms with Crippen molar-refractivity contribution in [3.8, 4) is 0 Å². The van der Waals surface area contributed by atoms with Crippen LogP contribution >= 0.6 is 0 Å². The number of hydrogen-bond donors (Lipinski definition) is 3. The van der Waals surface area contributed by atoms with Crippen LogP contribution in [0.3, 0.4) is 0 Å². The molecule has 1 atom stereocenters. The summed E-state index contributed by atoms with van der Waals surface area (Å²) in [5.41, 5.74) is 5.77. The van der Waals surface area contributed by atoms with Gasteiger partial charge in [0, 0.05) is 12.6 Å². The van der Waals surface area contributed by atoms with E-state index in [9.17, 15) is 9.59 Å². The summed E-state index contributed by atoms with van der Waals surface area (Å²) < 4.78 is 0. The Labute approximate surface area is 131 Å². The number of piperidine rings is 1. The van der Waals surface area contributed by atoms with Crippen molar-refractivity contribution in [3.63, 3.8) is 0 Å². The van der Waals surface area contributed by atoms with Crippen LogP contribution < -0.4 is 11.1 Å². The second-order valence-corrected chi connectivity index (χ2v) is 5.99. The smallest absolute Gasteiger partial charge is 0.267 e. The van der Waals surface area contributed by atoms with Gasteiger partial charge in [0.15, 0.2) is 0 Å². The molecule has 0 saturated carbocycles. The van der Waals surface area contributed by atoms with E-state index in [0.717, 1.165) is 19.4 Å². The first kappa shape index (κ1) is 16.5. The molecule has 1 saturated heterocycles. The fourth-order valence-corrected chi connectivity index (χ4v) is 2.90. The van der Waals surface area contributed by atoms with Crippen LogP contribution in [0.25, 0.3) is 0 Å². The molecule has 0 radical (unpaired) electrons. The normalized spacial score (nSPS) is 19.0. The van der Waals surface area contributed by atoms with Crippen LogP contribution in [0.1, 0.15) is 60.0 Å². The Kier molecular flexibility index (Phi) is 6.00. The molecule has 1 aliphatic rings. The lowest BCUT2D eigenvalue weighted by atomic mass is 10.0. The highest BCUT2D eigenvalue weighted by Crippen LogP contribution is 2.16. The van der Waals surface area contributed by atoms with Gasteiger partial charge in [-0.2, -0.15) is 0 Å². The molecule has 122 valence electrons. The number of nitrogens with zero attached hydrogens (tertiary/aromatic N) is 1. The third-order valence-corrected chi connectivity index (χ3v) is 4.29. The molecule has 4 N–H and O–H groups in total. The average molecular weight is 306 g/mol. The number of likely N-dealkylation sites (tertiary alicyclic amines) is 1. The van der Waals surface area contributed by atoms with Crippen molar-refractivity contribution in [2.24, 2.45) is 5.73 Å². The van der Waals surface area contributed by atoms with Gasteiger partial charge in [0.2, 0.25) is 0 Å². The minimum atomic E-state index is -0.560. The fraction of sp³-hybridized carbons (Fsp3) is 0.625. The molecule has 22 heavy (non-hydrogen) atoms. The number of aromatic amines is 1. The highest BCUT2D eigenvalue weighted by molar-refractivity contribution is 5.96. The molecule has 2 heterocycles. The van der Waals surface area contributed by atoms with Gasteiger partial charge in [0.25, 0.3) is 11.8 Å². The first-order valence-corrected chi connectivity index (χ1v) is 8.09. The first-order valence-electron chi connectivity index (χ1n) is 8.09. The minimum absolute atomic E-state index is 0.196. The standard InChI is InChI=1S/C16H26N4O2/c1-12-6-2-4-10-20(12)11-5-3-9-18-16(22)14-8-7-13(19-14)15(17)21/h7-8,12,19H,2-6,9-11H2,1H3,(H2,17,21)(H,18,22)/t12-/m1/s1. The lowest BCUT2D eigenvalue weighted by Gasteiger charge is -2.33. The molecule has 0 unspecified atom stereocenters. The van der Waals surface area contributed by atoms with Crippen LogP contribution in [0.15, 0.2) is 12.1 Å². The summed E-state index contributed by atoms with van der Waals surface area (Å²) in [7, 11) is 0. The largest absolute Gasteiger partial charge is 0.364 e. The van der Waals surface area contributed by atoms with Crippen LogP contribution in [0.5, 0.6) is 0 Å². The Morgan fingerprint density at radius 1 is 1.32 bits per heavy atom. The number of H-pyrrole nitrogens is 1. The van der Waals surface area contributed by atoms with E-state index in [4.69, 9.17) is 5.73 Å². The maximum atomic E-state index is 11.9. The van der Waals surface area contributed by atoms with E-state index in [1.54, 1.807) is 6.07 Å². The molecule has 2 rings (SSSR count). The van der Waals surface area contributed by atoms with Gasteiger partial charge in [-0.1, -0.05) is 6.42 Å². The predicted molar refractivity (Wildman–Crippen MR) is 85.8 cm³/mol. The second-order valence-electron chi connectivity index (χ2n) is 5.99. The SMILES string of the molecule is C[C@@H]1CCCCN1CCCCNC(=O)c1ccc(C(N)=O)[nH]1. The number of nitrogens with two attached hydrogens (primary N) is 1. The van der Waals surface area contributed by atoms with E-state index in [1.807, 2.05) is 0 Å². The maximum absolute atomic E-state index is 11.9. The quantitative estimate of drug-likeness (QED) is 0.667. The molecule has 2 amide bonds. The number of hydrogen-bond acceptors (Lipinski definition) is 3. The number of carbonyl (C=O) groups is 2. The van der Waals surface area contributed by atoms with Crippen molar-refractivity contribution in [1.29, 1.82) is 0 Å². The first-order chi connectivity index (χ1) is 10.6. The summed E-state index contributed by atoms with van der Waals surface area (Å²) in [5, 5.41) is 2.86. The van der Waals surface area contributed by atoms with Crippen molar-refractivity contribution >= 4 is 11.8 Å². The molecule has 6 heteroatoms. The predicted octanol–water partition coefficient (Wildman–Crippen LogP) is 1.50. The maximum Gasteiger partial charge on any atom is 0.267 e. The molecule has 1 aromatic rings. The summed E-state index contributed by atoms with van der Waals surface area (Å²) in [4.78, 5) is 28.1. The van der Waals surface area contributed by atoms with E-state index in [1.165, 1.54) is 31.9 Å². The number of rotatable bonds is 7. The van der Waals surface area contributed by atoms with Crippen LogP contribution in [-0.4, -0.2) is 47.4 Å². The van der Waals surface area contributed by atoms with Crippen LogP contribution in [0, 0.1) is 0 Å². The van der Waals surface area contributed by atoms with Gasteiger partial charge in [0.1, 0.15) is 11.4 Å². The highest BCUT2D eigenvalue weighted by atomic mass is 16.2. The number of aromatic nitrogens is 1. The zero-order valence-corrected chi connectivity index (χ0v) is 13.2.